The Morgan fingerprint density at radius 3 is 2.95 bits per heavy atom. The number of aromatic nitrogens is 1. The quantitative estimate of drug-likeness (QED) is 0.834. The van der Waals surface area contributed by atoms with Crippen LogP contribution in [0.4, 0.5) is 11.5 Å². The molecule has 0 aliphatic heterocycles. The van der Waals surface area contributed by atoms with E-state index in [1.54, 1.807) is 0 Å². The molecule has 0 aliphatic rings. The van der Waals surface area contributed by atoms with Gasteiger partial charge in [0.25, 0.3) is 0 Å². The van der Waals surface area contributed by atoms with Crippen LogP contribution >= 0.6 is 11.3 Å². The number of rotatable bonds is 7. The Labute approximate surface area is 125 Å². The molecule has 108 valence electrons. The predicted octanol–water partition coefficient (Wildman–Crippen LogP) is 4.03. The van der Waals surface area contributed by atoms with E-state index in [1.807, 2.05) is 17.5 Å². The van der Waals surface area contributed by atoms with Crippen LogP contribution in [0, 0.1) is 0 Å². The summed E-state index contributed by atoms with van der Waals surface area (Å²) in [6.07, 6.45) is 4.06. The Hall–Kier alpha value is -1.55. The van der Waals surface area contributed by atoms with Crippen LogP contribution in [0.15, 0.2) is 35.8 Å². The molecule has 3 nitrogen and oxygen atoms in total. The first kappa shape index (κ1) is 14.9. The fourth-order valence-corrected chi connectivity index (χ4v) is 2.93. The highest BCUT2D eigenvalue weighted by Gasteiger charge is 2.12. The predicted molar refractivity (Wildman–Crippen MR) is 88.9 cm³/mol. The molecule has 0 amide bonds. The lowest BCUT2D eigenvalue weighted by Gasteiger charge is -2.27. The van der Waals surface area contributed by atoms with Gasteiger partial charge < -0.3 is 10.2 Å². The summed E-state index contributed by atoms with van der Waals surface area (Å²) in [5.74, 6) is 0.958. The molecule has 0 radical (unpaired) electrons. The minimum atomic E-state index is 0.468. The summed E-state index contributed by atoms with van der Waals surface area (Å²) >= 11 is 1.83. The molecular formula is C16H23N3S. The molecule has 4 heteroatoms. The van der Waals surface area contributed by atoms with Gasteiger partial charge in [-0.1, -0.05) is 13.0 Å². The third kappa shape index (κ3) is 3.97. The van der Waals surface area contributed by atoms with Crippen LogP contribution in [-0.4, -0.2) is 24.6 Å². The number of hydrogen-bond donors (Lipinski definition) is 1. The van der Waals surface area contributed by atoms with Gasteiger partial charge in [0.2, 0.25) is 0 Å². The summed E-state index contributed by atoms with van der Waals surface area (Å²) in [6, 6.07) is 8.99. The number of hydrogen-bond acceptors (Lipinski definition) is 4. The van der Waals surface area contributed by atoms with E-state index in [1.165, 1.54) is 10.6 Å². The summed E-state index contributed by atoms with van der Waals surface area (Å²) < 4.78 is 0. The van der Waals surface area contributed by atoms with Gasteiger partial charge in [0.1, 0.15) is 5.82 Å². The van der Waals surface area contributed by atoms with E-state index in [0.29, 0.717) is 6.04 Å². The monoisotopic (exact) mass is 289 g/mol. The summed E-state index contributed by atoms with van der Waals surface area (Å²) in [4.78, 5) is 8.11. The van der Waals surface area contributed by atoms with Crippen LogP contribution in [0.25, 0.3) is 0 Å². The zero-order valence-corrected chi connectivity index (χ0v) is 13.3. The van der Waals surface area contributed by atoms with Crippen LogP contribution in [0.3, 0.4) is 0 Å². The Morgan fingerprint density at radius 2 is 2.25 bits per heavy atom. The van der Waals surface area contributed by atoms with Crippen LogP contribution in [-0.2, 0) is 6.42 Å². The molecule has 1 atom stereocenters. The average Bonchev–Trinajstić information content (AvgIpc) is 2.97. The first-order valence-corrected chi connectivity index (χ1v) is 8.03. The van der Waals surface area contributed by atoms with E-state index in [-0.39, 0.29) is 0 Å². The number of pyridine rings is 1. The van der Waals surface area contributed by atoms with Crippen LogP contribution in [0.2, 0.25) is 0 Å². The molecule has 2 rings (SSSR count). The summed E-state index contributed by atoms with van der Waals surface area (Å²) in [5.41, 5.74) is 1.21. The third-order valence-corrected chi connectivity index (χ3v) is 4.34. The highest BCUT2D eigenvalue weighted by Crippen LogP contribution is 2.21. The van der Waals surface area contributed by atoms with Crippen molar-refractivity contribution in [3.05, 3.63) is 40.7 Å². The van der Waals surface area contributed by atoms with E-state index in [4.69, 9.17) is 0 Å². The molecule has 2 heterocycles. The van der Waals surface area contributed by atoms with Gasteiger partial charge in [-0.05, 0) is 30.9 Å². The van der Waals surface area contributed by atoms with Crippen molar-refractivity contribution in [2.24, 2.45) is 0 Å². The van der Waals surface area contributed by atoms with Gasteiger partial charge in [-0.3, -0.25) is 0 Å². The zero-order valence-electron chi connectivity index (χ0n) is 12.5. The van der Waals surface area contributed by atoms with Gasteiger partial charge in [0.15, 0.2) is 0 Å². The summed E-state index contributed by atoms with van der Waals surface area (Å²) in [6.45, 7) is 5.39. The maximum Gasteiger partial charge on any atom is 0.127 e. The molecule has 20 heavy (non-hydrogen) atoms. The number of nitrogens with zero attached hydrogens (tertiary/aromatic N) is 2. The lowest BCUT2D eigenvalue weighted by molar-refractivity contribution is 0.688. The maximum atomic E-state index is 4.36. The van der Waals surface area contributed by atoms with Gasteiger partial charge in [-0.25, -0.2) is 4.98 Å². The van der Waals surface area contributed by atoms with Gasteiger partial charge in [0.05, 0.1) is 0 Å². The van der Waals surface area contributed by atoms with E-state index in [2.05, 4.69) is 65.7 Å². The van der Waals surface area contributed by atoms with Crippen molar-refractivity contribution in [2.45, 2.75) is 32.7 Å². The molecule has 1 N–H and O–H groups in total. The zero-order chi connectivity index (χ0) is 14.4. The topological polar surface area (TPSA) is 28.2 Å². The molecule has 0 saturated heterocycles. The Kier molecular flexibility index (Phi) is 5.41. The van der Waals surface area contributed by atoms with E-state index < -0.39 is 0 Å². The van der Waals surface area contributed by atoms with E-state index in [0.717, 1.165) is 25.2 Å². The van der Waals surface area contributed by atoms with Crippen LogP contribution in [0.5, 0.6) is 0 Å². The van der Waals surface area contributed by atoms with Crippen LogP contribution < -0.4 is 10.2 Å². The fourth-order valence-electron chi connectivity index (χ4n) is 2.10. The van der Waals surface area contributed by atoms with Gasteiger partial charge in [-0.2, -0.15) is 0 Å². The van der Waals surface area contributed by atoms with Crippen molar-refractivity contribution in [1.29, 1.82) is 0 Å². The van der Waals surface area contributed by atoms with Crippen LogP contribution in [0.1, 0.15) is 25.1 Å². The van der Waals surface area contributed by atoms with Crippen molar-refractivity contribution >= 4 is 22.8 Å². The molecule has 0 bridgehead atoms. The van der Waals surface area contributed by atoms with Crippen molar-refractivity contribution in [1.82, 2.24) is 4.98 Å². The van der Waals surface area contributed by atoms with Crippen molar-refractivity contribution in [3.63, 3.8) is 0 Å². The number of nitrogens with one attached hydrogen (secondary N) is 1. The average molecular weight is 289 g/mol. The second-order valence-electron chi connectivity index (χ2n) is 5.07. The second kappa shape index (κ2) is 7.29. The first-order chi connectivity index (χ1) is 9.70. The molecule has 0 saturated carbocycles. The Balaban J connectivity index is 2.02. The number of likely N-dealkylation sites (N-methyl/N-ethyl adjacent to an activating group) is 1. The highest BCUT2D eigenvalue weighted by atomic mass is 32.1. The molecule has 1 unspecified atom stereocenters. The van der Waals surface area contributed by atoms with Crippen molar-refractivity contribution < 1.29 is 0 Å². The molecule has 0 aliphatic carbocycles. The lowest BCUT2D eigenvalue weighted by atomic mass is 10.1. The number of anilines is 2. The summed E-state index contributed by atoms with van der Waals surface area (Å²) in [5, 5.41) is 5.48. The maximum absolute atomic E-state index is 4.36. The molecular weight excluding hydrogens is 266 g/mol. The Bertz CT molecular complexity index is 510. The fraction of sp³-hybridized carbons (Fsp3) is 0.438. The minimum Gasteiger partial charge on any atom is -0.371 e. The largest absolute Gasteiger partial charge is 0.371 e. The standard InChI is InChI=1S/C16H23N3S/c1-4-8-17-16-12-14(7-9-18-16)19(3)13(2)11-15-6-5-10-20-15/h5-7,9-10,12-13H,4,8,11H2,1-3H3,(H,17,18). The second-order valence-corrected chi connectivity index (χ2v) is 6.10. The third-order valence-electron chi connectivity index (χ3n) is 3.44. The SMILES string of the molecule is CCCNc1cc(N(C)C(C)Cc2cccs2)ccn1. The summed E-state index contributed by atoms with van der Waals surface area (Å²) in [7, 11) is 2.15. The normalized spacial score (nSPS) is 12.2. The molecule has 2 aromatic rings. The lowest BCUT2D eigenvalue weighted by Crippen LogP contribution is -2.30. The van der Waals surface area contributed by atoms with Gasteiger partial charge in [-0.15, -0.1) is 11.3 Å². The minimum absolute atomic E-state index is 0.468. The van der Waals surface area contributed by atoms with E-state index >= 15 is 0 Å². The molecule has 0 fully saturated rings. The highest BCUT2D eigenvalue weighted by molar-refractivity contribution is 7.09. The van der Waals surface area contributed by atoms with Crippen molar-refractivity contribution in [2.75, 3.05) is 23.8 Å². The van der Waals surface area contributed by atoms with Crippen molar-refractivity contribution in [3.8, 4) is 0 Å². The molecule has 0 aromatic carbocycles. The number of thiophene rings is 1. The Morgan fingerprint density at radius 1 is 1.40 bits per heavy atom. The smallest absolute Gasteiger partial charge is 0.127 e. The van der Waals surface area contributed by atoms with E-state index in [9.17, 15) is 0 Å². The molecule has 2 aromatic heterocycles. The first-order valence-electron chi connectivity index (χ1n) is 7.16. The molecule has 0 spiro atoms. The van der Waals surface area contributed by atoms with Gasteiger partial charge >= 0.3 is 0 Å². The van der Waals surface area contributed by atoms with Gasteiger partial charge in [0, 0.05) is 48.9 Å².